The summed E-state index contributed by atoms with van der Waals surface area (Å²) in [6.45, 7) is 1.85. The van der Waals surface area contributed by atoms with E-state index >= 15 is 0 Å². The maximum atomic E-state index is 12.2. The number of pyridine rings is 1. The van der Waals surface area contributed by atoms with Crippen LogP contribution < -0.4 is 11.1 Å². The number of likely N-dealkylation sites (tertiary alicyclic amines) is 1. The molecule has 3 rings (SSSR count). The SMILES string of the molecule is Cl.Cl.N[C@@H]1CN(CC(=O)Nc2ccc(Br)cn2)C[C@H]1c1ccccc1. The van der Waals surface area contributed by atoms with Gasteiger partial charge < -0.3 is 11.1 Å². The lowest BCUT2D eigenvalue weighted by molar-refractivity contribution is -0.117. The van der Waals surface area contributed by atoms with Gasteiger partial charge in [-0.05, 0) is 33.6 Å². The van der Waals surface area contributed by atoms with E-state index in [-0.39, 0.29) is 42.7 Å². The number of hydrogen-bond acceptors (Lipinski definition) is 4. The third-order valence-electron chi connectivity index (χ3n) is 4.03. The first-order valence-corrected chi connectivity index (χ1v) is 8.35. The Labute approximate surface area is 168 Å². The molecule has 8 heteroatoms. The summed E-state index contributed by atoms with van der Waals surface area (Å²) in [5, 5.41) is 2.81. The number of hydrogen-bond donors (Lipinski definition) is 2. The monoisotopic (exact) mass is 446 g/mol. The highest BCUT2D eigenvalue weighted by molar-refractivity contribution is 9.10. The van der Waals surface area contributed by atoms with Crippen molar-refractivity contribution in [1.82, 2.24) is 9.88 Å². The number of halogens is 3. The molecule has 1 aromatic heterocycles. The summed E-state index contributed by atoms with van der Waals surface area (Å²) >= 11 is 3.32. The van der Waals surface area contributed by atoms with E-state index in [2.05, 4.69) is 43.3 Å². The molecular weight excluding hydrogens is 427 g/mol. The summed E-state index contributed by atoms with van der Waals surface area (Å²) < 4.78 is 0.881. The van der Waals surface area contributed by atoms with Crippen molar-refractivity contribution in [2.45, 2.75) is 12.0 Å². The Balaban J connectivity index is 0.00000156. The van der Waals surface area contributed by atoms with Crippen LogP contribution in [0, 0.1) is 0 Å². The lowest BCUT2D eigenvalue weighted by Gasteiger charge is -2.15. The number of rotatable bonds is 4. The second-order valence-electron chi connectivity index (χ2n) is 5.78. The van der Waals surface area contributed by atoms with Crippen molar-refractivity contribution < 1.29 is 4.79 Å². The van der Waals surface area contributed by atoms with Crippen molar-refractivity contribution in [2.75, 3.05) is 25.0 Å². The fourth-order valence-electron chi connectivity index (χ4n) is 2.93. The summed E-state index contributed by atoms with van der Waals surface area (Å²) in [7, 11) is 0. The molecule has 0 spiro atoms. The second-order valence-corrected chi connectivity index (χ2v) is 6.70. The molecule has 1 aliphatic heterocycles. The van der Waals surface area contributed by atoms with Crippen molar-refractivity contribution in [3.05, 3.63) is 58.7 Å². The first-order chi connectivity index (χ1) is 11.1. The predicted molar refractivity (Wildman–Crippen MR) is 109 cm³/mol. The van der Waals surface area contributed by atoms with Gasteiger partial charge in [0.05, 0.1) is 6.54 Å². The number of nitrogens with two attached hydrogens (primary N) is 1. The minimum atomic E-state index is -0.0688. The van der Waals surface area contributed by atoms with E-state index in [1.54, 1.807) is 12.3 Å². The van der Waals surface area contributed by atoms with Crippen molar-refractivity contribution in [3.8, 4) is 0 Å². The Morgan fingerprint density at radius 1 is 1.20 bits per heavy atom. The van der Waals surface area contributed by atoms with Gasteiger partial charge in [-0.1, -0.05) is 30.3 Å². The maximum Gasteiger partial charge on any atom is 0.239 e. The van der Waals surface area contributed by atoms with E-state index in [0.717, 1.165) is 17.6 Å². The molecule has 3 N–H and O–H groups in total. The zero-order valence-corrected chi connectivity index (χ0v) is 16.7. The minimum Gasteiger partial charge on any atom is -0.326 e. The molecule has 5 nitrogen and oxygen atoms in total. The molecule has 1 fully saturated rings. The first-order valence-electron chi connectivity index (χ1n) is 7.56. The fourth-order valence-corrected chi connectivity index (χ4v) is 3.17. The third-order valence-corrected chi connectivity index (χ3v) is 4.50. The van der Waals surface area contributed by atoms with E-state index in [1.165, 1.54) is 5.56 Å². The van der Waals surface area contributed by atoms with Gasteiger partial charge in [0.1, 0.15) is 5.82 Å². The molecule has 0 aliphatic carbocycles. The average Bonchev–Trinajstić information content (AvgIpc) is 2.91. The van der Waals surface area contributed by atoms with Gasteiger partial charge in [0.2, 0.25) is 5.91 Å². The van der Waals surface area contributed by atoms with Gasteiger partial charge in [-0.3, -0.25) is 9.69 Å². The predicted octanol–water partition coefficient (Wildman–Crippen LogP) is 3.05. The van der Waals surface area contributed by atoms with E-state index in [1.807, 2.05) is 24.3 Å². The zero-order valence-electron chi connectivity index (χ0n) is 13.5. The molecule has 2 aromatic rings. The van der Waals surface area contributed by atoms with Gasteiger partial charge in [-0.25, -0.2) is 4.98 Å². The summed E-state index contributed by atoms with van der Waals surface area (Å²) in [5.74, 6) is 0.761. The number of carbonyl (C=O) groups is 1. The zero-order chi connectivity index (χ0) is 16.2. The van der Waals surface area contributed by atoms with Crippen molar-refractivity contribution >= 4 is 52.5 Å². The van der Waals surface area contributed by atoms with Gasteiger partial charge in [0, 0.05) is 35.7 Å². The minimum absolute atomic E-state index is 0. The first kappa shape index (κ1) is 21.9. The number of amides is 1. The van der Waals surface area contributed by atoms with Crippen molar-refractivity contribution in [1.29, 1.82) is 0 Å². The molecule has 136 valence electrons. The van der Waals surface area contributed by atoms with E-state index in [9.17, 15) is 4.79 Å². The Bertz CT molecular complexity index is 672. The molecule has 1 aliphatic rings. The highest BCUT2D eigenvalue weighted by Gasteiger charge is 2.31. The molecule has 1 saturated heterocycles. The van der Waals surface area contributed by atoms with E-state index in [4.69, 9.17) is 5.73 Å². The van der Waals surface area contributed by atoms with Crippen LogP contribution in [0.4, 0.5) is 5.82 Å². The van der Waals surface area contributed by atoms with Gasteiger partial charge in [0.15, 0.2) is 0 Å². The molecule has 1 aromatic carbocycles. The molecular formula is C17H21BrCl2N4O. The highest BCUT2D eigenvalue weighted by Crippen LogP contribution is 2.26. The Morgan fingerprint density at radius 2 is 1.92 bits per heavy atom. The van der Waals surface area contributed by atoms with Crippen molar-refractivity contribution in [3.63, 3.8) is 0 Å². The number of nitrogens with one attached hydrogen (secondary N) is 1. The summed E-state index contributed by atoms with van der Waals surface area (Å²) in [6, 6.07) is 13.9. The Kier molecular flexibility index (Phi) is 8.82. The second kappa shape index (κ2) is 10.1. The normalized spacial score (nSPS) is 19.6. The molecule has 0 radical (unpaired) electrons. The molecule has 2 heterocycles. The highest BCUT2D eigenvalue weighted by atomic mass is 79.9. The topological polar surface area (TPSA) is 71.2 Å². The molecule has 25 heavy (non-hydrogen) atoms. The van der Waals surface area contributed by atoms with Crippen LogP contribution in [0.25, 0.3) is 0 Å². The molecule has 2 atom stereocenters. The van der Waals surface area contributed by atoms with E-state index in [0.29, 0.717) is 12.4 Å². The Hall–Kier alpha value is -1.18. The van der Waals surface area contributed by atoms with Gasteiger partial charge in [0.25, 0.3) is 0 Å². The summed E-state index contributed by atoms with van der Waals surface area (Å²) in [6.07, 6.45) is 1.66. The van der Waals surface area contributed by atoms with Gasteiger partial charge in [-0.15, -0.1) is 24.8 Å². The van der Waals surface area contributed by atoms with Gasteiger partial charge >= 0.3 is 0 Å². The number of benzene rings is 1. The van der Waals surface area contributed by atoms with Gasteiger partial charge in [-0.2, -0.15) is 0 Å². The van der Waals surface area contributed by atoms with Crippen LogP contribution in [-0.4, -0.2) is 41.5 Å². The smallest absolute Gasteiger partial charge is 0.239 e. The number of carbonyl (C=O) groups excluding carboxylic acids is 1. The molecule has 1 amide bonds. The van der Waals surface area contributed by atoms with Crippen LogP contribution in [0.15, 0.2) is 53.1 Å². The van der Waals surface area contributed by atoms with Crippen LogP contribution in [-0.2, 0) is 4.79 Å². The molecule has 0 saturated carbocycles. The molecule has 0 bridgehead atoms. The lowest BCUT2D eigenvalue weighted by atomic mass is 9.95. The maximum absolute atomic E-state index is 12.2. The quantitative estimate of drug-likeness (QED) is 0.755. The summed E-state index contributed by atoms with van der Waals surface area (Å²) in [4.78, 5) is 18.4. The number of anilines is 1. The molecule has 0 unspecified atom stereocenters. The fraction of sp³-hybridized carbons (Fsp3) is 0.294. The van der Waals surface area contributed by atoms with Crippen molar-refractivity contribution in [2.24, 2.45) is 5.73 Å². The lowest BCUT2D eigenvalue weighted by Crippen LogP contribution is -2.33. The van der Waals surface area contributed by atoms with Crippen LogP contribution in [0.1, 0.15) is 11.5 Å². The standard InChI is InChI=1S/C17H19BrN4O.2ClH/c18-13-6-7-16(20-8-13)21-17(23)11-22-9-14(15(19)10-22)12-4-2-1-3-5-12;;/h1-8,14-15H,9-11,19H2,(H,20,21,23);2*1H/t14-,15+;;/m0../s1. The van der Waals surface area contributed by atoms with Crippen LogP contribution in [0.5, 0.6) is 0 Å². The van der Waals surface area contributed by atoms with Crippen LogP contribution >= 0.6 is 40.7 Å². The third kappa shape index (κ3) is 5.94. The Morgan fingerprint density at radius 3 is 2.56 bits per heavy atom. The number of aromatic nitrogens is 1. The summed E-state index contributed by atoms with van der Waals surface area (Å²) in [5.41, 5.74) is 7.49. The van der Waals surface area contributed by atoms with E-state index < -0.39 is 0 Å². The average molecular weight is 448 g/mol. The van der Waals surface area contributed by atoms with Crippen LogP contribution in [0.3, 0.4) is 0 Å². The number of nitrogens with zero attached hydrogens (tertiary/aromatic N) is 2. The largest absolute Gasteiger partial charge is 0.326 e. The van der Waals surface area contributed by atoms with Crippen LogP contribution in [0.2, 0.25) is 0 Å².